The number of furan rings is 1. The molecule has 0 bridgehead atoms. The minimum absolute atomic E-state index is 0.117. The van der Waals surface area contributed by atoms with Crippen LogP contribution in [0.25, 0.3) is 0 Å². The third-order valence-electron chi connectivity index (χ3n) is 2.33. The number of carboxylic acids is 1. The van der Waals surface area contributed by atoms with Crippen LogP contribution in [0.3, 0.4) is 0 Å². The van der Waals surface area contributed by atoms with Crippen molar-refractivity contribution in [1.29, 1.82) is 0 Å². The minimum Gasteiger partial charge on any atom is -0.481 e. The first-order chi connectivity index (χ1) is 8.00. The first kappa shape index (κ1) is 13.2. The summed E-state index contributed by atoms with van der Waals surface area (Å²) in [4.78, 5) is 21.9. The van der Waals surface area contributed by atoms with Gasteiger partial charge in [0.25, 0.3) is 0 Å². The number of hydrogen-bond donors (Lipinski definition) is 3. The van der Waals surface area contributed by atoms with Crippen molar-refractivity contribution in [2.24, 2.45) is 5.73 Å². The predicted octanol–water partition coefficient (Wildman–Crippen LogP) is 0.649. The highest BCUT2D eigenvalue weighted by molar-refractivity contribution is 5.82. The SMILES string of the molecule is C[C@H](NC(=O)C(N)CCC(=O)O)c1ccco1. The minimum atomic E-state index is -0.965. The summed E-state index contributed by atoms with van der Waals surface area (Å²) in [5.74, 6) is -0.716. The average molecular weight is 240 g/mol. The number of aliphatic carboxylic acids is 1. The van der Waals surface area contributed by atoms with E-state index in [2.05, 4.69) is 5.32 Å². The molecular formula is C11H16N2O4. The van der Waals surface area contributed by atoms with E-state index in [0.29, 0.717) is 5.76 Å². The molecule has 1 aromatic heterocycles. The fourth-order valence-corrected chi connectivity index (χ4v) is 1.34. The maximum Gasteiger partial charge on any atom is 0.303 e. The van der Waals surface area contributed by atoms with E-state index in [9.17, 15) is 9.59 Å². The fraction of sp³-hybridized carbons (Fsp3) is 0.455. The number of hydrogen-bond acceptors (Lipinski definition) is 4. The van der Waals surface area contributed by atoms with Crippen LogP contribution in [-0.4, -0.2) is 23.0 Å². The van der Waals surface area contributed by atoms with Gasteiger partial charge in [0.15, 0.2) is 0 Å². The van der Waals surface area contributed by atoms with E-state index in [1.54, 1.807) is 19.1 Å². The van der Waals surface area contributed by atoms with Gasteiger partial charge < -0.3 is 20.6 Å². The molecule has 1 rings (SSSR count). The zero-order valence-electron chi connectivity index (χ0n) is 9.55. The molecule has 0 aliphatic rings. The number of nitrogens with one attached hydrogen (secondary N) is 1. The molecule has 1 aromatic rings. The lowest BCUT2D eigenvalue weighted by Crippen LogP contribution is -2.41. The summed E-state index contributed by atoms with van der Waals surface area (Å²) in [6.45, 7) is 1.76. The molecule has 1 amide bonds. The van der Waals surface area contributed by atoms with E-state index in [-0.39, 0.29) is 24.8 Å². The van der Waals surface area contributed by atoms with Crippen LogP contribution in [0.2, 0.25) is 0 Å². The van der Waals surface area contributed by atoms with Crippen molar-refractivity contribution >= 4 is 11.9 Å². The van der Waals surface area contributed by atoms with Gasteiger partial charge in [-0.15, -0.1) is 0 Å². The van der Waals surface area contributed by atoms with E-state index in [1.165, 1.54) is 6.26 Å². The quantitative estimate of drug-likeness (QED) is 0.677. The van der Waals surface area contributed by atoms with Crippen molar-refractivity contribution in [2.75, 3.05) is 0 Å². The van der Waals surface area contributed by atoms with Crippen LogP contribution in [0.4, 0.5) is 0 Å². The van der Waals surface area contributed by atoms with E-state index < -0.39 is 12.0 Å². The Morgan fingerprint density at radius 1 is 1.59 bits per heavy atom. The Morgan fingerprint density at radius 3 is 2.82 bits per heavy atom. The van der Waals surface area contributed by atoms with Crippen LogP contribution in [-0.2, 0) is 9.59 Å². The molecule has 94 valence electrons. The van der Waals surface area contributed by atoms with Gasteiger partial charge in [0.1, 0.15) is 5.76 Å². The summed E-state index contributed by atoms with van der Waals surface area (Å²) in [7, 11) is 0. The van der Waals surface area contributed by atoms with Crippen molar-refractivity contribution in [3.8, 4) is 0 Å². The summed E-state index contributed by atoms with van der Waals surface area (Å²) in [6.07, 6.45) is 1.51. The number of carbonyl (C=O) groups excluding carboxylic acids is 1. The molecular weight excluding hydrogens is 224 g/mol. The maximum absolute atomic E-state index is 11.6. The van der Waals surface area contributed by atoms with Gasteiger partial charge in [-0.1, -0.05) is 0 Å². The smallest absolute Gasteiger partial charge is 0.303 e. The molecule has 6 nitrogen and oxygen atoms in total. The molecule has 0 saturated heterocycles. The van der Waals surface area contributed by atoms with Crippen LogP contribution in [0.15, 0.2) is 22.8 Å². The van der Waals surface area contributed by atoms with Crippen LogP contribution >= 0.6 is 0 Å². The molecule has 2 atom stereocenters. The molecule has 0 spiro atoms. The Hall–Kier alpha value is -1.82. The molecule has 0 radical (unpaired) electrons. The topological polar surface area (TPSA) is 106 Å². The molecule has 17 heavy (non-hydrogen) atoms. The van der Waals surface area contributed by atoms with Gasteiger partial charge in [-0.25, -0.2) is 0 Å². The molecule has 6 heteroatoms. The number of amides is 1. The molecule has 4 N–H and O–H groups in total. The highest BCUT2D eigenvalue weighted by atomic mass is 16.4. The second-order valence-corrected chi connectivity index (χ2v) is 3.78. The van der Waals surface area contributed by atoms with Crippen molar-refractivity contribution in [3.05, 3.63) is 24.2 Å². The lowest BCUT2D eigenvalue weighted by molar-refractivity contribution is -0.137. The summed E-state index contributed by atoms with van der Waals surface area (Å²) < 4.78 is 5.12. The van der Waals surface area contributed by atoms with E-state index >= 15 is 0 Å². The Bertz CT molecular complexity index is 375. The third kappa shape index (κ3) is 4.28. The third-order valence-corrected chi connectivity index (χ3v) is 2.33. The molecule has 0 saturated carbocycles. The molecule has 0 aliphatic carbocycles. The fourth-order valence-electron chi connectivity index (χ4n) is 1.34. The summed E-state index contributed by atoms with van der Waals surface area (Å²) in [5.41, 5.74) is 5.56. The van der Waals surface area contributed by atoms with Gasteiger partial charge in [-0.05, 0) is 25.5 Å². The Balaban J connectivity index is 2.40. The zero-order valence-corrected chi connectivity index (χ0v) is 9.55. The first-order valence-electron chi connectivity index (χ1n) is 5.32. The van der Waals surface area contributed by atoms with Crippen molar-refractivity contribution < 1.29 is 19.1 Å². The van der Waals surface area contributed by atoms with E-state index in [0.717, 1.165) is 0 Å². The molecule has 0 fully saturated rings. The van der Waals surface area contributed by atoms with Crippen LogP contribution in [0.1, 0.15) is 31.6 Å². The highest BCUT2D eigenvalue weighted by Gasteiger charge is 2.18. The lowest BCUT2D eigenvalue weighted by Gasteiger charge is -2.15. The number of carboxylic acid groups (broad SMARTS) is 1. The normalized spacial score (nSPS) is 14.0. The number of rotatable bonds is 6. The van der Waals surface area contributed by atoms with Gasteiger partial charge in [0, 0.05) is 6.42 Å². The monoisotopic (exact) mass is 240 g/mol. The molecule has 0 aliphatic heterocycles. The zero-order chi connectivity index (χ0) is 12.8. The Kier molecular flexibility index (Phi) is 4.71. The van der Waals surface area contributed by atoms with Crippen molar-refractivity contribution in [2.45, 2.75) is 31.8 Å². The number of nitrogens with two attached hydrogens (primary N) is 1. The van der Waals surface area contributed by atoms with Gasteiger partial charge in [0.2, 0.25) is 5.91 Å². The van der Waals surface area contributed by atoms with Gasteiger partial charge in [-0.2, -0.15) is 0 Å². The second-order valence-electron chi connectivity index (χ2n) is 3.78. The van der Waals surface area contributed by atoms with Gasteiger partial charge in [0.05, 0.1) is 18.3 Å². The maximum atomic E-state index is 11.6. The number of carbonyl (C=O) groups is 2. The molecule has 0 aromatic carbocycles. The second kappa shape index (κ2) is 6.05. The lowest BCUT2D eigenvalue weighted by atomic mass is 10.1. The van der Waals surface area contributed by atoms with Crippen LogP contribution in [0, 0.1) is 0 Å². The summed E-state index contributed by atoms with van der Waals surface area (Å²) in [6, 6.07) is 2.37. The highest BCUT2D eigenvalue weighted by Crippen LogP contribution is 2.12. The van der Waals surface area contributed by atoms with Crippen molar-refractivity contribution in [1.82, 2.24) is 5.32 Å². The molecule has 1 heterocycles. The van der Waals surface area contributed by atoms with Crippen molar-refractivity contribution in [3.63, 3.8) is 0 Å². The average Bonchev–Trinajstić information content (AvgIpc) is 2.78. The predicted molar refractivity (Wildman–Crippen MR) is 60.1 cm³/mol. The van der Waals surface area contributed by atoms with Gasteiger partial charge >= 0.3 is 5.97 Å². The Morgan fingerprint density at radius 2 is 2.29 bits per heavy atom. The Labute approximate surface area is 98.8 Å². The molecule has 1 unspecified atom stereocenters. The van der Waals surface area contributed by atoms with Crippen LogP contribution < -0.4 is 11.1 Å². The van der Waals surface area contributed by atoms with Gasteiger partial charge in [-0.3, -0.25) is 9.59 Å². The summed E-state index contributed by atoms with van der Waals surface area (Å²) >= 11 is 0. The summed E-state index contributed by atoms with van der Waals surface area (Å²) in [5, 5.41) is 11.1. The van der Waals surface area contributed by atoms with Crippen LogP contribution in [0.5, 0.6) is 0 Å². The van der Waals surface area contributed by atoms with E-state index in [1.807, 2.05) is 0 Å². The van der Waals surface area contributed by atoms with E-state index in [4.69, 9.17) is 15.3 Å². The standard InChI is InChI=1S/C11H16N2O4/c1-7(9-3-2-6-17-9)13-11(16)8(12)4-5-10(14)15/h2-3,6-8H,4-5,12H2,1H3,(H,13,16)(H,14,15)/t7-,8?/m0/s1. The first-order valence-corrected chi connectivity index (χ1v) is 5.32. The largest absolute Gasteiger partial charge is 0.481 e.